The molecule has 1 aromatic carbocycles. The molecule has 114 valence electrons. The Morgan fingerprint density at radius 3 is 2.45 bits per heavy atom. The molecule has 0 saturated heterocycles. The lowest BCUT2D eigenvalue weighted by Crippen LogP contribution is -2.50. The summed E-state index contributed by atoms with van der Waals surface area (Å²) in [4.78, 5) is 24.1. The highest BCUT2D eigenvalue weighted by atomic mass is 35.5. The predicted molar refractivity (Wildman–Crippen MR) is 86.1 cm³/mol. The van der Waals surface area contributed by atoms with Crippen molar-refractivity contribution >= 4 is 17.5 Å². The maximum absolute atomic E-state index is 12.5. The summed E-state index contributed by atoms with van der Waals surface area (Å²) in [7, 11) is 1.66. The van der Waals surface area contributed by atoms with Crippen LogP contribution in [0.15, 0.2) is 47.4 Å². The van der Waals surface area contributed by atoms with Crippen molar-refractivity contribution in [3.8, 4) is 0 Å². The van der Waals surface area contributed by atoms with Crippen LogP contribution in [0.3, 0.4) is 0 Å². The van der Waals surface area contributed by atoms with Crippen molar-refractivity contribution in [3.05, 3.63) is 69.1 Å². The summed E-state index contributed by atoms with van der Waals surface area (Å²) in [5.74, 6) is -0.215. The molecule has 0 unspecified atom stereocenters. The molecular formula is C17H17ClN2O2. The average Bonchev–Trinajstić information content (AvgIpc) is 2.46. The maximum atomic E-state index is 12.5. The highest BCUT2D eigenvalue weighted by molar-refractivity contribution is 6.30. The number of amides is 1. The lowest BCUT2D eigenvalue weighted by Gasteiger charge is -2.43. The molecule has 1 aliphatic carbocycles. The lowest BCUT2D eigenvalue weighted by atomic mass is 9.71. The molecule has 22 heavy (non-hydrogen) atoms. The van der Waals surface area contributed by atoms with E-state index in [1.54, 1.807) is 19.3 Å². The molecular weight excluding hydrogens is 300 g/mol. The molecule has 1 saturated carbocycles. The van der Waals surface area contributed by atoms with Crippen LogP contribution in [0.4, 0.5) is 0 Å². The van der Waals surface area contributed by atoms with Crippen molar-refractivity contribution in [2.24, 2.45) is 7.05 Å². The van der Waals surface area contributed by atoms with Crippen LogP contribution in [-0.4, -0.2) is 10.5 Å². The minimum atomic E-state index is -0.344. The normalized spacial score (nSPS) is 15.9. The number of hydrogen-bond donors (Lipinski definition) is 1. The smallest absolute Gasteiger partial charge is 0.252 e. The van der Waals surface area contributed by atoms with Crippen LogP contribution in [0.2, 0.25) is 5.02 Å². The number of carbonyl (C=O) groups excluding carboxylic acids is 1. The molecule has 1 heterocycles. The molecule has 1 fully saturated rings. The van der Waals surface area contributed by atoms with E-state index in [9.17, 15) is 9.59 Å². The topological polar surface area (TPSA) is 51.1 Å². The summed E-state index contributed by atoms with van der Waals surface area (Å²) in [6.07, 6.45) is 4.46. The Morgan fingerprint density at radius 2 is 1.91 bits per heavy atom. The van der Waals surface area contributed by atoms with Crippen LogP contribution in [0.1, 0.15) is 35.2 Å². The van der Waals surface area contributed by atoms with Gasteiger partial charge in [-0.05, 0) is 43.0 Å². The fourth-order valence-corrected chi connectivity index (χ4v) is 2.89. The molecule has 0 aliphatic heterocycles. The number of nitrogens with one attached hydrogen (secondary N) is 1. The monoisotopic (exact) mass is 316 g/mol. The van der Waals surface area contributed by atoms with E-state index in [1.165, 1.54) is 10.6 Å². The van der Waals surface area contributed by atoms with E-state index in [4.69, 9.17) is 11.6 Å². The molecule has 0 radical (unpaired) electrons. The molecule has 1 aromatic heterocycles. The number of carbonyl (C=O) groups is 1. The van der Waals surface area contributed by atoms with Gasteiger partial charge in [0.2, 0.25) is 0 Å². The molecule has 2 aromatic rings. The first-order chi connectivity index (χ1) is 10.5. The second-order valence-electron chi connectivity index (χ2n) is 5.76. The molecule has 1 aliphatic rings. The van der Waals surface area contributed by atoms with Crippen LogP contribution in [0.5, 0.6) is 0 Å². The van der Waals surface area contributed by atoms with Gasteiger partial charge < -0.3 is 9.88 Å². The SMILES string of the molecule is Cn1ccc(C(=O)NC2(c3ccc(Cl)cc3)CCC2)cc1=O. The zero-order chi connectivity index (χ0) is 15.7. The Kier molecular flexibility index (Phi) is 3.79. The lowest BCUT2D eigenvalue weighted by molar-refractivity contribution is 0.0823. The number of aryl methyl sites for hydroxylation is 1. The number of hydrogen-bond acceptors (Lipinski definition) is 2. The number of aromatic nitrogens is 1. The first-order valence-electron chi connectivity index (χ1n) is 7.25. The van der Waals surface area contributed by atoms with Gasteiger partial charge in [-0.3, -0.25) is 9.59 Å². The van der Waals surface area contributed by atoms with Crippen LogP contribution < -0.4 is 10.9 Å². The zero-order valence-electron chi connectivity index (χ0n) is 12.3. The van der Waals surface area contributed by atoms with E-state index in [0.29, 0.717) is 10.6 Å². The van der Waals surface area contributed by atoms with Crippen LogP contribution >= 0.6 is 11.6 Å². The van der Waals surface area contributed by atoms with E-state index in [1.807, 2.05) is 24.3 Å². The van der Waals surface area contributed by atoms with Crippen LogP contribution in [0.25, 0.3) is 0 Å². The molecule has 3 rings (SSSR count). The number of halogens is 1. The fourth-order valence-electron chi connectivity index (χ4n) is 2.76. The molecule has 0 atom stereocenters. The largest absolute Gasteiger partial charge is 0.343 e. The molecule has 0 bridgehead atoms. The van der Waals surface area contributed by atoms with Crippen molar-refractivity contribution in [3.63, 3.8) is 0 Å². The van der Waals surface area contributed by atoms with E-state index in [-0.39, 0.29) is 17.0 Å². The Labute approximate surface area is 133 Å². The third kappa shape index (κ3) is 2.66. The number of pyridine rings is 1. The summed E-state index contributed by atoms with van der Waals surface area (Å²) < 4.78 is 1.44. The molecule has 0 spiro atoms. The van der Waals surface area contributed by atoms with Crippen molar-refractivity contribution in [2.75, 3.05) is 0 Å². The number of nitrogens with zero attached hydrogens (tertiary/aromatic N) is 1. The van der Waals surface area contributed by atoms with Gasteiger partial charge in [-0.25, -0.2) is 0 Å². The first-order valence-corrected chi connectivity index (χ1v) is 7.63. The van der Waals surface area contributed by atoms with Gasteiger partial charge in [0.25, 0.3) is 11.5 Å². The summed E-state index contributed by atoms with van der Waals surface area (Å²) in [5, 5.41) is 3.78. The Hall–Kier alpha value is -2.07. The third-order valence-electron chi connectivity index (χ3n) is 4.32. The van der Waals surface area contributed by atoms with Crippen molar-refractivity contribution in [2.45, 2.75) is 24.8 Å². The van der Waals surface area contributed by atoms with Crippen LogP contribution in [0, 0.1) is 0 Å². The van der Waals surface area contributed by atoms with Gasteiger partial charge in [-0.1, -0.05) is 23.7 Å². The number of benzene rings is 1. The second kappa shape index (κ2) is 5.61. The molecule has 1 N–H and O–H groups in total. The van der Waals surface area contributed by atoms with E-state index in [2.05, 4.69) is 5.32 Å². The maximum Gasteiger partial charge on any atom is 0.252 e. The Balaban J connectivity index is 1.86. The standard InChI is InChI=1S/C17H17ClN2O2/c1-20-10-7-12(11-15(20)21)16(22)19-17(8-2-9-17)13-3-5-14(18)6-4-13/h3-7,10-11H,2,8-9H2,1H3,(H,19,22). The van der Waals surface area contributed by atoms with Gasteiger partial charge in [-0.15, -0.1) is 0 Å². The second-order valence-corrected chi connectivity index (χ2v) is 6.20. The van der Waals surface area contributed by atoms with Gasteiger partial charge in [0, 0.05) is 29.9 Å². The van der Waals surface area contributed by atoms with Gasteiger partial charge in [-0.2, -0.15) is 0 Å². The summed E-state index contributed by atoms with van der Waals surface area (Å²) in [6.45, 7) is 0. The fraction of sp³-hybridized carbons (Fsp3) is 0.294. The van der Waals surface area contributed by atoms with Crippen LogP contribution in [-0.2, 0) is 12.6 Å². The highest BCUT2D eigenvalue weighted by Gasteiger charge is 2.40. The van der Waals surface area contributed by atoms with E-state index in [0.717, 1.165) is 24.8 Å². The quantitative estimate of drug-likeness (QED) is 0.946. The average molecular weight is 317 g/mol. The number of rotatable bonds is 3. The molecule has 4 nitrogen and oxygen atoms in total. The minimum Gasteiger partial charge on any atom is -0.343 e. The third-order valence-corrected chi connectivity index (χ3v) is 4.58. The molecule has 1 amide bonds. The van der Waals surface area contributed by atoms with Crippen molar-refractivity contribution < 1.29 is 4.79 Å². The van der Waals surface area contributed by atoms with E-state index >= 15 is 0 Å². The van der Waals surface area contributed by atoms with Crippen molar-refractivity contribution in [1.82, 2.24) is 9.88 Å². The Morgan fingerprint density at radius 1 is 1.23 bits per heavy atom. The minimum absolute atomic E-state index is 0.193. The molecule has 5 heteroatoms. The van der Waals surface area contributed by atoms with Gasteiger partial charge in [0.1, 0.15) is 0 Å². The summed E-state index contributed by atoms with van der Waals surface area (Å²) in [5.41, 5.74) is 0.911. The zero-order valence-corrected chi connectivity index (χ0v) is 13.1. The Bertz CT molecular complexity index is 761. The van der Waals surface area contributed by atoms with Gasteiger partial charge in [0.05, 0.1) is 5.54 Å². The summed E-state index contributed by atoms with van der Waals surface area (Å²) >= 11 is 5.93. The van der Waals surface area contributed by atoms with Gasteiger partial charge in [0.15, 0.2) is 0 Å². The highest BCUT2D eigenvalue weighted by Crippen LogP contribution is 2.41. The predicted octanol–water partition coefficient (Wildman–Crippen LogP) is 2.85. The van der Waals surface area contributed by atoms with Gasteiger partial charge >= 0.3 is 0 Å². The summed E-state index contributed by atoms with van der Waals surface area (Å²) in [6, 6.07) is 10.6. The van der Waals surface area contributed by atoms with Crippen molar-refractivity contribution in [1.29, 1.82) is 0 Å². The van der Waals surface area contributed by atoms with E-state index < -0.39 is 0 Å². The first kappa shape index (κ1) is 14.9.